The highest BCUT2D eigenvalue weighted by atomic mass is 32.2. The number of nitrogens with zero attached hydrogens (tertiary/aromatic N) is 2. The fraction of sp³-hybridized carbons (Fsp3) is 0.375. The van der Waals surface area contributed by atoms with Crippen molar-refractivity contribution in [3.8, 4) is 0 Å². The molecular formula is C32H36N4O5S. The van der Waals surface area contributed by atoms with Crippen LogP contribution in [0, 0.1) is 13.8 Å². The van der Waals surface area contributed by atoms with Crippen LogP contribution in [0.2, 0.25) is 0 Å². The van der Waals surface area contributed by atoms with Crippen LogP contribution in [0.25, 0.3) is 11.6 Å². The third-order valence-electron chi connectivity index (χ3n) is 8.41. The van der Waals surface area contributed by atoms with E-state index >= 15 is 0 Å². The third kappa shape index (κ3) is 5.66. The van der Waals surface area contributed by atoms with Gasteiger partial charge in [-0.25, -0.2) is 8.42 Å². The number of rotatable bonds is 7. The lowest BCUT2D eigenvalue weighted by molar-refractivity contribution is -0.110. The maximum atomic E-state index is 13.7. The van der Waals surface area contributed by atoms with Gasteiger partial charge in [-0.05, 0) is 62.1 Å². The highest BCUT2D eigenvalue weighted by Crippen LogP contribution is 2.36. The first-order valence-corrected chi connectivity index (χ1v) is 16.1. The number of aromatic nitrogens is 1. The van der Waals surface area contributed by atoms with Crippen LogP contribution in [0.15, 0.2) is 47.4 Å². The first-order valence-electron chi connectivity index (χ1n) is 14.5. The summed E-state index contributed by atoms with van der Waals surface area (Å²) in [7, 11) is -3.64. The zero-order valence-electron chi connectivity index (χ0n) is 24.0. The molecule has 9 nitrogen and oxygen atoms in total. The van der Waals surface area contributed by atoms with E-state index in [4.69, 9.17) is 4.74 Å². The number of carbonyl (C=O) groups is 2. The smallest absolute Gasteiger partial charge is 0.256 e. The van der Waals surface area contributed by atoms with Crippen LogP contribution in [0.4, 0.5) is 5.69 Å². The van der Waals surface area contributed by atoms with Gasteiger partial charge >= 0.3 is 0 Å². The Kier molecular flexibility index (Phi) is 7.78. The summed E-state index contributed by atoms with van der Waals surface area (Å²) in [5.74, 6) is -0.422. The third-order valence-corrected chi connectivity index (χ3v) is 10.1. The molecule has 0 atom stereocenters. The van der Waals surface area contributed by atoms with Gasteiger partial charge in [0, 0.05) is 55.4 Å². The normalized spacial score (nSPS) is 18.6. The molecule has 1 fully saturated rings. The number of aromatic amines is 1. The summed E-state index contributed by atoms with van der Waals surface area (Å²) < 4.78 is 32.0. The van der Waals surface area contributed by atoms with Crippen LogP contribution >= 0.6 is 0 Å². The van der Waals surface area contributed by atoms with Gasteiger partial charge in [0.1, 0.15) is 0 Å². The summed E-state index contributed by atoms with van der Waals surface area (Å²) in [5, 5.41) is 2.85. The highest BCUT2D eigenvalue weighted by molar-refractivity contribution is 7.90. The van der Waals surface area contributed by atoms with Crippen molar-refractivity contribution in [2.45, 2.75) is 37.3 Å². The molecule has 2 aromatic carbocycles. The molecule has 220 valence electrons. The second kappa shape index (κ2) is 11.5. The van der Waals surface area contributed by atoms with Crippen molar-refractivity contribution in [3.05, 3.63) is 81.7 Å². The van der Waals surface area contributed by atoms with E-state index in [1.807, 2.05) is 43.0 Å². The minimum Gasteiger partial charge on any atom is -0.379 e. The molecule has 0 bridgehead atoms. The summed E-state index contributed by atoms with van der Waals surface area (Å²) in [6.45, 7) is 9.26. The Bertz CT molecular complexity index is 1670. The highest BCUT2D eigenvalue weighted by Gasteiger charge is 2.30. The number of fused-ring (bicyclic) bond motifs is 2. The number of sulfone groups is 1. The topological polar surface area (TPSA) is 112 Å². The Hall–Kier alpha value is -3.73. The maximum absolute atomic E-state index is 13.7. The minimum atomic E-state index is -3.64. The van der Waals surface area contributed by atoms with Gasteiger partial charge in [0.25, 0.3) is 11.8 Å². The van der Waals surface area contributed by atoms with Crippen LogP contribution < -0.4 is 5.32 Å². The van der Waals surface area contributed by atoms with E-state index in [-0.39, 0.29) is 22.5 Å². The lowest BCUT2D eigenvalue weighted by Gasteiger charge is -2.29. The van der Waals surface area contributed by atoms with Gasteiger partial charge in [0.05, 0.1) is 35.0 Å². The lowest BCUT2D eigenvalue weighted by Crippen LogP contribution is -2.43. The molecule has 2 N–H and O–H groups in total. The molecule has 0 spiro atoms. The van der Waals surface area contributed by atoms with Crippen molar-refractivity contribution in [2.75, 3.05) is 51.3 Å². The summed E-state index contributed by atoms with van der Waals surface area (Å²) >= 11 is 0. The van der Waals surface area contributed by atoms with Gasteiger partial charge in [-0.15, -0.1) is 0 Å². The number of ether oxygens (including phenoxy) is 1. The van der Waals surface area contributed by atoms with Crippen molar-refractivity contribution in [1.29, 1.82) is 0 Å². The fourth-order valence-electron chi connectivity index (χ4n) is 5.94. The Morgan fingerprint density at radius 2 is 1.74 bits per heavy atom. The van der Waals surface area contributed by atoms with Crippen LogP contribution in [0.5, 0.6) is 0 Å². The molecule has 3 aromatic rings. The number of hydrogen-bond donors (Lipinski definition) is 2. The molecule has 2 amide bonds. The summed E-state index contributed by atoms with van der Waals surface area (Å²) in [6, 6.07) is 12.2. The molecular weight excluding hydrogens is 552 g/mol. The van der Waals surface area contributed by atoms with E-state index in [0.29, 0.717) is 46.7 Å². The molecule has 42 heavy (non-hydrogen) atoms. The van der Waals surface area contributed by atoms with Crippen LogP contribution in [0.3, 0.4) is 0 Å². The van der Waals surface area contributed by atoms with E-state index in [0.717, 1.165) is 62.5 Å². The van der Waals surface area contributed by atoms with Crippen LogP contribution in [-0.2, 0) is 31.5 Å². The Labute approximate surface area is 246 Å². The van der Waals surface area contributed by atoms with Crippen molar-refractivity contribution >= 4 is 39.0 Å². The second-order valence-electron chi connectivity index (χ2n) is 11.3. The molecule has 0 aliphatic carbocycles. The summed E-state index contributed by atoms with van der Waals surface area (Å²) in [4.78, 5) is 34.5. The maximum Gasteiger partial charge on any atom is 0.256 e. The number of carbonyl (C=O) groups excluding carboxylic acids is 2. The predicted octanol–water partition coefficient (Wildman–Crippen LogP) is 3.82. The average molecular weight is 589 g/mol. The van der Waals surface area contributed by atoms with E-state index in [1.54, 1.807) is 18.2 Å². The molecule has 3 aliphatic heterocycles. The molecule has 1 saturated heterocycles. The fourth-order valence-corrected chi connectivity index (χ4v) is 7.31. The van der Waals surface area contributed by atoms with Gasteiger partial charge < -0.3 is 19.9 Å². The quantitative estimate of drug-likeness (QED) is 0.406. The minimum absolute atomic E-state index is 0.00918. The van der Waals surface area contributed by atoms with E-state index < -0.39 is 9.84 Å². The molecule has 6 rings (SSSR count). The Morgan fingerprint density at radius 3 is 2.50 bits per heavy atom. The van der Waals surface area contributed by atoms with Gasteiger partial charge in [0.15, 0.2) is 9.84 Å². The predicted molar refractivity (Wildman–Crippen MR) is 162 cm³/mol. The Balaban J connectivity index is 1.27. The standard InChI is InChI=1S/C32H36N4O5S/c1-21-5-7-23(8-6-21)20-42(39,40)24-9-10-27-25(18-24)26(31(37)34-27)19-29-22(2)30-28(33-29)4-3-11-36(32(30)38)13-12-35-14-16-41-17-15-35/h5-10,18-19,33H,3-4,11-17,20H2,1-2H3,(H,34,37)/b26-19-. The molecule has 1 aromatic heterocycles. The Morgan fingerprint density at radius 1 is 0.976 bits per heavy atom. The molecule has 10 heteroatoms. The number of anilines is 1. The van der Waals surface area contributed by atoms with Crippen molar-refractivity contribution < 1.29 is 22.7 Å². The van der Waals surface area contributed by atoms with Crippen LogP contribution in [0.1, 0.15) is 50.4 Å². The molecule has 0 saturated carbocycles. The monoisotopic (exact) mass is 588 g/mol. The number of amides is 2. The van der Waals surface area contributed by atoms with E-state index in [2.05, 4.69) is 15.2 Å². The number of hydrogen-bond acceptors (Lipinski definition) is 6. The van der Waals surface area contributed by atoms with Gasteiger partial charge in [-0.3, -0.25) is 14.5 Å². The first kappa shape index (κ1) is 28.4. The lowest BCUT2D eigenvalue weighted by atomic mass is 10.0. The van der Waals surface area contributed by atoms with Gasteiger partial charge in [-0.1, -0.05) is 29.8 Å². The van der Waals surface area contributed by atoms with Crippen LogP contribution in [-0.4, -0.2) is 81.0 Å². The largest absolute Gasteiger partial charge is 0.379 e. The van der Waals surface area contributed by atoms with Crippen molar-refractivity contribution in [3.63, 3.8) is 0 Å². The SMILES string of the molecule is Cc1ccc(CS(=O)(=O)c2ccc3c(c2)/C(=C/c2[nH]c4c(c2C)C(=O)N(CCN2CCOCC2)CCC4)C(=O)N3)cc1. The first-order chi connectivity index (χ1) is 20.2. The molecule has 0 radical (unpaired) electrons. The molecule has 3 aliphatic rings. The molecule has 0 unspecified atom stereocenters. The van der Waals surface area contributed by atoms with Gasteiger partial charge in [-0.2, -0.15) is 0 Å². The number of morpholine rings is 1. The summed E-state index contributed by atoms with van der Waals surface area (Å²) in [5.41, 5.74) is 6.28. The average Bonchev–Trinajstić information content (AvgIpc) is 3.40. The molecule has 4 heterocycles. The number of benzene rings is 2. The number of aryl methyl sites for hydroxylation is 2. The number of H-pyrrole nitrogens is 1. The van der Waals surface area contributed by atoms with Crippen molar-refractivity contribution in [1.82, 2.24) is 14.8 Å². The van der Waals surface area contributed by atoms with E-state index in [1.165, 1.54) is 6.07 Å². The zero-order chi connectivity index (χ0) is 29.4. The zero-order valence-corrected chi connectivity index (χ0v) is 24.9. The summed E-state index contributed by atoms with van der Waals surface area (Å²) in [6.07, 6.45) is 3.33. The van der Waals surface area contributed by atoms with Gasteiger partial charge in [0.2, 0.25) is 0 Å². The number of nitrogens with one attached hydrogen (secondary N) is 2. The van der Waals surface area contributed by atoms with Crippen molar-refractivity contribution in [2.24, 2.45) is 0 Å². The second-order valence-corrected chi connectivity index (χ2v) is 13.3. The van der Waals surface area contributed by atoms with E-state index in [9.17, 15) is 18.0 Å².